The highest BCUT2D eigenvalue weighted by Crippen LogP contribution is 2.16. The molecule has 0 saturated heterocycles. The van der Waals surface area contributed by atoms with Crippen LogP contribution in [0.15, 0.2) is 30.6 Å². The zero-order valence-corrected chi connectivity index (χ0v) is 9.10. The van der Waals surface area contributed by atoms with Crippen molar-refractivity contribution in [3.63, 3.8) is 0 Å². The van der Waals surface area contributed by atoms with Crippen LogP contribution in [-0.4, -0.2) is 14.5 Å². The van der Waals surface area contributed by atoms with Gasteiger partial charge in [-0.05, 0) is 25.0 Å². The summed E-state index contributed by atoms with van der Waals surface area (Å²) in [6.45, 7) is 6.68. The number of aromatic nitrogens is 3. The predicted molar refractivity (Wildman–Crippen MR) is 59.9 cm³/mol. The highest BCUT2D eigenvalue weighted by molar-refractivity contribution is 5.49. The molecule has 0 N–H and O–H groups in total. The number of hydrogen-bond acceptors (Lipinski definition) is 2. The zero-order valence-electron chi connectivity index (χ0n) is 9.10. The molecule has 0 aliphatic heterocycles. The van der Waals surface area contributed by atoms with Gasteiger partial charge in [-0.15, -0.1) is 0 Å². The molecule has 2 rings (SSSR count). The maximum Gasteiger partial charge on any atom is 0.213 e. The van der Waals surface area contributed by atoms with Gasteiger partial charge >= 0.3 is 0 Å². The highest BCUT2D eigenvalue weighted by Gasteiger charge is 2.08. The van der Waals surface area contributed by atoms with Crippen molar-refractivity contribution in [2.75, 3.05) is 0 Å². The summed E-state index contributed by atoms with van der Waals surface area (Å²) in [4.78, 5) is 8.00. The summed E-state index contributed by atoms with van der Waals surface area (Å²) in [7, 11) is 0. The van der Waals surface area contributed by atoms with E-state index in [2.05, 4.69) is 16.9 Å². The molecule has 1 unspecified atom stereocenters. The molecule has 1 atom stereocenters. The molecule has 2 aromatic heterocycles. The van der Waals surface area contributed by atoms with Gasteiger partial charge in [-0.2, -0.15) is 4.39 Å². The molecule has 83 valence electrons. The van der Waals surface area contributed by atoms with Gasteiger partial charge in [0, 0.05) is 18.9 Å². The number of hydrogen-bond donors (Lipinski definition) is 0. The lowest BCUT2D eigenvalue weighted by Gasteiger charge is -2.09. The molecule has 3 nitrogen and oxygen atoms in total. The van der Waals surface area contributed by atoms with E-state index in [0.717, 1.165) is 6.54 Å². The number of rotatable bonds is 3. The maximum atomic E-state index is 13.0. The van der Waals surface area contributed by atoms with Gasteiger partial charge in [0.1, 0.15) is 5.69 Å². The van der Waals surface area contributed by atoms with Crippen LogP contribution in [0.1, 0.15) is 6.92 Å². The summed E-state index contributed by atoms with van der Waals surface area (Å²) in [6.07, 6.45) is 3.54. The predicted octanol–water partition coefficient (Wildman–Crippen LogP) is 2.55. The maximum absolute atomic E-state index is 13.0. The molecule has 0 spiro atoms. The van der Waals surface area contributed by atoms with Crippen molar-refractivity contribution >= 4 is 0 Å². The number of halogens is 1. The van der Waals surface area contributed by atoms with Crippen molar-refractivity contribution in [2.24, 2.45) is 5.92 Å². The first-order chi connectivity index (χ1) is 7.66. The quantitative estimate of drug-likeness (QED) is 0.741. The fraction of sp³-hybridized carbons (Fsp3) is 0.250. The van der Waals surface area contributed by atoms with Crippen LogP contribution in [0.5, 0.6) is 0 Å². The fourth-order valence-corrected chi connectivity index (χ4v) is 1.56. The van der Waals surface area contributed by atoms with Crippen LogP contribution in [0.3, 0.4) is 0 Å². The van der Waals surface area contributed by atoms with Crippen molar-refractivity contribution in [1.82, 2.24) is 14.5 Å². The minimum absolute atomic E-state index is 0.265. The summed E-state index contributed by atoms with van der Waals surface area (Å²) in [5.74, 6) is 0.450. The van der Waals surface area contributed by atoms with Crippen LogP contribution in [-0.2, 0) is 6.54 Å². The van der Waals surface area contributed by atoms with Gasteiger partial charge < -0.3 is 4.57 Å². The second kappa shape index (κ2) is 4.43. The number of imidazole rings is 1. The van der Waals surface area contributed by atoms with E-state index in [1.165, 1.54) is 6.07 Å². The second-order valence-electron chi connectivity index (χ2n) is 3.85. The summed E-state index contributed by atoms with van der Waals surface area (Å²) < 4.78 is 14.9. The Labute approximate surface area is 94.0 Å². The van der Waals surface area contributed by atoms with Gasteiger partial charge in [0.2, 0.25) is 5.95 Å². The molecule has 0 bridgehead atoms. The largest absolute Gasteiger partial charge is 0.329 e. The van der Waals surface area contributed by atoms with Crippen LogP contribution >= 0.6 is 0 Å². The molecular weight excluding hydrogens is 205 g/mol. The molecule has 2 aromatic rings. The highest BCUT2D eigenvalue weighted by atomic mass is 19.1. The summed E-state index contributed by atoms with van der Waals surface area (Å²) in [5.41, 5.74) is 0.547. The SMILES string of the molecule is [CH2]C(C)Cn1ccnc1-c1cccc(F)n1. The van der Waals surface area contributed by atoms with Gasteiger partial charge in [-0.3, -0.25) is 0 Å². The second-order valence-corrected chi connectivity index (χ2v) is 3.85. The lowest BCUT2D eigenvalue weighted by molar-refractivity contribution is 0.565. The van der Waals surface area contributed by atoms with E-state index in [9.17, 15) is 4.39 Å². The Morgan fingerprint density at radius 1 is 1.50 bits per heavy atom. The Balaban J connectivity index is 2.37. The monoisotopic (exact) mass is 218 g/mol. The number of pyridine rings is 1. The van der Waals surface area contributed by atoms with Gasteiger partial charge in [0.15, 0.2) is 5.82 Å². The van der Waals surface area contributed by atoms with Crippen molar-refractivity contribution in [3.8, 4) is 11.5 Å². The first-order valence-electron chi connectivity index (χ1n) is 5.14. The minimum atomic E-state index is -0.491. The fourth-order valence-electron chi connectivity index (χ4n) is 1.56. The Hall–Kier alpha value is -1.71. The Morgan fingerprint density at radius 3 is 3.00 bits per heavy atom. The summed E-state index contributed by atoms with van der Waals surface area (Å²) >= 11 is 0. The van der Waals surface area contributed by atoms with Crippen molar-refractivity contribution in [1.29, 1.82) is 0 Å². The Kier molecular flexibility index (Phi) is 2.99. The molecular formula is C12H13FN3. The molecule has 0 fully saturated rings. The van der Waals surface area contributed by atoms with E-state index >= 15 is 0 Å². The summed E-state index contributed by atoms with van der Waals surface area (Å²) in [6, 6.07) is 4.70. The minimum Gasteiger partial charge on any atom is -0.329 e. The van der Waals surface area contributed by atoms with Crippen molar-refractivity contribution < 1.29 is 4.39 Å². The van der Waals surface area contributed by atoms with Crippen molar-refractivity contribution in [3.05, 3.63) is 43.5 Å². The first-order valence-corrected chi connectivity index (χ1v) is 5.14. The van der Waals surface area contributed by atoms with Crippen LogP contribution < -0.4 is 0 Å². The third-order valence-electron chi connectivity index (χ3n) is 2.17. The first kappa shape index (κ1) is 10.8. The van der Waals surface area contributed by atoms with Crippen LogP contribution in [0.25, 0.3) is 11.5 Å². The molecule has 0 amide bonds. The van der Waals surface area contributed by atoms with Gasteiger partial charge in [0.05, 0.1) is 0 Å². The van der Waals surface area contributed by atoms with Crippen molar-refractivity contribution in [2.45, 2.75) is 13.5 Å². The topological polar surface area (TPSA) is 30.7 Å². The lowest BCUT2D eigenvalue weighted by atomic mass is 10.2. The van der Waals surface area contributed by atoms with E-state index in [0.29, 0.717) is 11.5 Å². The van der Waals surface area contributed by atoms with Crippen LogP contribution in [0.2, 0.25) is 0 Å². The standard InChI is InChI=1S/C12H13FN3/c1-9(2)8-16-7-6-14-12(16)10-4-3-5-11(13)15-10/h3-7,9H,1,8H2,2H3. The zero-order chi connectivity index (χ0) is 11.5. The third-order valence-corrected chi connectivity index (χ3v) is 2.17. The molecule has 2 heterocycles. The molecule has 0 aliphatic carbocycles. The molecule has 0 aliphatic rings. The van der Waals surface area contributed by atoms with Gasteiger partial charge in [-0.1, -0.05) is 13.0 Å². The van der Waals surface area contributed by atoms with E-state index in [4.69, 9.17) is 0 Å². The van der Waals surface area contributed by atoms with E-state index in [1.807, 2.05) is 17.7 Å². The van der Waals surface area contributed by atoms with Gasteiger partial charge in [-0.25, -0.2) is 9.97 Å². The molecule has 1 radical (unpaired) electrons. The van der Waals surface area contributed by atoms with E-state index in [-0.39, 0.29) is 5.92 Å². The molecule has 4 heteroatoms. The lowest BCUT2D eigenvalue weighted by Crippen LogP contribution is -2.06. The average molecular weight is 218 g/mol. The Morgan fingerprint density at radius 2 is 2.31 bits per heavy atom. The van der Waals surface area contributed by atoms with Crippen LogP contribution in [0.4, 0.5) is 4.39 Å². The normalized spacial score (nSPS) is 11.0. The smallest absolute Gasteiger partial charge is 0.213 e. The van der Waals surface area contributed by atoms with E-state index < -0.39 is 5.95 Å². The molecule has 16 heavy (non-hydrogen) atoms. The third kappa shape index (κ3) is 2.27. The number of nitrogens with zero attached hydrogens (tertiary/aromatic N) is 3. The molecule has 0 saturated carbocycles. The van der Waals surface area contributed by atoms with Crippen LogP contribution in [0, 0.1) is 18.8 Å². The molecule has 0 aromatic carbocycles. The average Bonchev–Trinajstić information content (AvgIpc) is 2.65. The van der Waals surface area contributed by atoms with E-state index in [1.54, 1.807) is 18.3 Å². The summed E-state index contributed by atoms with van der Waals surface area (Å²) in [5, 5.41) is 0. The van der Waals surface area contributed by atoms with Gasteiger partial charge in [0.25, 0.3) is 0 Å². The Bertz CT molecular complexity index is 477.